The van der Waals surface area contributed by atoms with Crippen molar-refractivity contribution in [1.29, 1.82) is 0 Å². The van der Waals surface area contributed by atoms with E-state index in [1.807, 2.05) is 13.8 Å². The van der Waals surface area contributed by atoms with E-state index in [9.17, 15) is 9.59 Å². The van der Waals surface area contributed by atoms with Crippen LogP contribution in [0.5, 0.6) is 0 Å². The Morgan fingerprint density at radius 2 is 2.08 bits per heavy atom. The van der Waals surface area contributed by atoms with Crippen molar-refractivity contribution in [2.75, 3.05) is 6.61 Å². The summed E-state index contributed by atoms with van der Waals surface area (Å²) in [7, 11) is 0. The van der Waals surface area contributed by atoms with Crippen molar-refractivity contribution in [3.63, 3.8) is 0 Å². The zero-order chi connectivity index (χ0) is 9.56. The van der Waals surface area contributed by atoms with Crippen LogP contribution in [0.25, 0.3) is 0 Å². The van der Waals surface area contributed by atoms with Crippen molar-refractivity contribution in [3.8, 4) is 0 Å². The van der Waals surface area contributed by atoms with Gasteiger partial charge < -0.3 is 4.74 Å². The molecule has 0 spiro atoms. The first-order valence-electron chi connectivity index (χ1n) is 4.02. The highest BCUT2D eigenvalue weighted by Crippen LogP contribution is 2.08. The molecular weight excluding hydrogens is 156 g/mol. The van der Waals surface area contributed by atoms with E-state index in [2.05, 4.69) is 4.74 Å². The van der Waals surface area contributed by atoms with E-state index in [-0.39, 0.29) is 11.5 Å². The van der Waals surface area contributed by atoms with Gasteiger partial charge in [-0.3, -0.25) is 0 Å². The normalized spacial score (nSPS) is 9.33. The minimum absolute atomic E-state index is 0.104. The average Bonchev–Trinajstić information content (AvgIpc) is 2.00. The summed E-state index contributed by atoms with van der Waals surface area (Å²) in [4.78, 5) is 21.3. The van der Waals surface area contributed by atoms with E-state index in [1.165, 1.54) is 0 Å². The highest BCUT2D eigenvalue weighted by atomic mass is 16.5. The summed E-state index contributed by atoms with van der Waals surface area (Å²) in [6, 6.07) is 0. The molecule has 0 N–H and O–H groups in total. The van der Waals surface area contributed by atoms with Gasteiger partial charge in [0.05, 0.1) is 6.61 Å². The number of rotatable bonds is 4. The lowest BCUT2D eigenvalue weighted by molar-refractivity contribution is -0.138. The highest BCUT2D eigenvalue weighted by molar-refractivity contribution is 5.96. The van der Waals surface area contributed by atoms with Crippen LogP contribution >= 0.6 is 0 Å². The minimum atomic E-state index is -0.541. The van der Waals surface area contributed by atoms with Gasteiger partial charge in [0.1, 0.15) is 11.5 Å². The Morgan fingerprint density at radius 1 is 1.50 bits per heavy atom. The van der Waals surface area contributed by atoms with Gasteiger partial charge in [-0.2, -0.15) is 0 Å². The Kier molecular flexibility index (Phi) is 5.06. The Labute approximate surface area is 72.4 Å². The summed E-state index contributed by atoms with van der Waals surface area (Å²) >= 11 is 0. The molecule has 0 saturated heterocycles. The largest absolute Gasteiger partial charge is 0.462 e. The van der Waals surface area contributed by atoms with E-state index in [0.717, 1.165) is 0 Å². The van der Waals surface area contributed by atoms with Crippen molar-refractivity contribution in [1.82, 2.24) is 0 Å². The maximum Gasteiger partial charge on any atom is 0.345 e. The molecule has 3 heteroatoms. The molecule has 0 aliphatic rings. The standard InChI is InChI=1S/C9H14O3/c1-4-12-9(11)8(6-10)5-7(2)3/h7H,4-5H2,1-3H3. The van der Waals surface area contributed by atoms with Crippen LogP contribution in [-0.2, 0) is 14.3 Å². The van der Waals surface area contributed by atoms with Crippen LogP contribution in [0.15, 0.2) is 5.57 Å². The van der Waals surface area contributed by atoms with Crippen molar-refractivity contribution in [2.45, 2.75) is 27.2 Å². The Hall–Kier alpha value is -1.08. The molecule has 0 aromatic heterocycles. The Morgan fingerprint density at radius 3 is 2.42 bits per heavy atom. The van der Waals surface area contributed by atoms with Crippen molar-refractivity contribution in [3.05, 3.63) is 5.57 Å². The molecule has 68 valence electrons. The molecule has 0 radical (unpaired) electrons. The molecule has 3 nitrogen and oxygen atoms in total. The third-order valence-electron chi connectivity index (χ3n) is 1.26. The smallest absolute Gasteiger partial charge is 0.345 e. The summed E-state index contributed by atoms with van der Waals surface area (Å²) < 4.78 is 4.66. The Bertz CT molecular complexity index is 200. The van der Waals surface area contributed by atoms with Gasteiger partial charge >= 0.3 is 5.97 Å². The van der Waals surface area contributed by atoms with Gasteiger partial charge in [-0.1, -0.05) is 13.8 Å². The van der Waals surface area contributed by atoms with Crippen LogP contribution < -0.4 is 0 Å². The van der Waals surface area contributed by atoms with Crippen LogP contribution in [0.1, 0.15) is 27.2 Å². The Balaban J connectivity index is 4.18. The number of hydrogen-bond donors (Lipinski definition) is 0. The minimum Gasteiger partial charge on any atom is -0.462 e. The zero-order valence-electron chi connectivity index (χ0n) is 7.72. The maximum absolute atomic E-state index is 11.0. The van der Waals surface area contributed by atoms with Crippen LogP contribution in [0.3, 0.4) is 0 Å². The summed E-state index contributed by atoms with van der Waals surface area (Å²) in [5.74, 6) is 1.34. The second-order valence-electron chi connectivity index (χ2n) is 2.90. The van der Waals surface area contributed by atoms with Gasteiger partial charge in [0.2, 0.25) is 0 Å². The molecule has 0 atom stereocenters. The summed E-state index contributed by atoms with van der Waals surface area (Å²) in [6.45, 7) is 5.85. The molecule has 0 unspecified atom stereocenters. The SMILES string of the molecule is CCOC(=O)C(=C=O)CC(C)C. The lowest BCUT2D eigenvalue weighted by Crippen LogP contribution is -2.10. The fourth-order valence-electron chi connectivity index (χ4n) is 0.793. The fourth-order valence-corrected chi connectivity index (χ4v) is 0.793. The molecule has 0 aliphatic heterocycles. The number of hydrogen-bond acceptors (Lipinski definition) is 3. The topological polar surface area (TPSA) is 43.4 Å². The fraction of sp³-hybridized carbons (Fsp3) is 0.667. The van der Waals surface area contributed by atoms with Crippen LogP contribution in [0, 0.1) is 5.92 Å². The van der Waals surface area contributed by atoms with Crippen molar-refractivity contribution < 1.29 is 14.3 Å². The number of ether oxygens (including phenoxy) is 1. The van der Waals surface area contributed by atoms with Gasteiger partial charge in [-0.15, -0.1) is 0 Å². The monoisotopic (exact) mass is 170 g/mol. The van der Waals surface area contributed by atoms with Crippen LogP contribution in [-0.4, -0.2) is 18.5 Å². The molecule has 0 fully saturated rings. The second-order valence-corrected chi connectivity index (χ2v) is 2.90. The molecule has 0 aromatic rings. The predicted molar refractivity (Wildman–Crippen MR) is 45.3 cm³/mol. The predicted octanol–water partition coefficient (Wildman–Crippen LogP) is 1.35. The molecule has 12 heavy (non-hydrogen) atoms. The van der Waals surface area contributed by atoms with Gasteiger partial charge in [0, 0.05) is 0 Å². The van der Waals surface area contributed by atoms with Gasteiger partial charge in [0.15, 0.2) is 0 Å². The average molecular weight is 170 g/mol. The van der Waals surface area contributed by atoms with Crippen LogP contribution in [0.4, 0.5) is 0 Å². The summed E-state index contributed by atoms with van der Waals surface area (Å²) in [6.07, 6.45) is 0.433. The lowest BCUT2D eigenvalue weighted by Gasteiger charge is -2.04. The molecule has 0 bridgehead atoms. The highest BCUT2D eigenvalue weighted by Gasteiger charge is 2.12. The third kappa shape index (κ3) is 3.94. The first-order chi connectivity index (χ1) is 5.61. The first-order valence-corrected chi connectivity index (χ1v) is 4.02. The summed E-state index contributed by atoms with van der Waals surface area (Å²) in [5, 5.41) is 0. The molecule has 0 aromatic carbocycles. The molecule has 0 rings (SSSR count). The molecule has 0 heterocycles. The zero-order valence-corrected chi connectivity index (χ0v) is 7.72. The lowest BCUT2D eigenvalue weighted by atomic mass is 10.0. The number of carbonyl (C=O) groups is 1. The van der Waals surface area contributed by atoms with E-state index >= 15 is 0 Å². The molecule has 0 aliphatic carbocycles. The number of esters is 1. The van der Waals surface area contributed by atoms with Gasteiger partial charge in [-0.05, 0) is 19.3 Å². The maximum atomic E-state index is 11.0. The first kappa shape index (κ1) is 10.9. The van der Waals surface area contributed by atoms with E-state index < -0.39 is 5.97 Å². The summed E-state index contributed by atoms with van der Waals surface area (Å²) in [5.41, 5.74) is 0.104. The molecule has 0 amide bonds. The van der Waals surface area contributed by atoms with Crippen LogP contribution in [0.2, 0.25) is 0 Å². The van der Waals surface area contributed by atoms with Crippen molar-refractivity contribution in [2.24, 2.45) is 5.92 Å². The van der Waals surface area contributed by atoms with E-state index in [1.54, 1.807) is 12.9 Å². The number of carbonyl (C=O) groups excluding carboxylic acids is 2. The van der Waals surface area contributed by atoms with E-state index in [0.29, 0.717) is 13.0 Å². The van der Waals surface area contributed by atoms with Gasteiger partial charge in [-0.25, -0.2) is 9.59 Å². The van der Waals surface area contributed by atoms with Gasteiger partial charge in [0.25, 0.3) is 0 Å². The van der Waals surface area contributed by atoms with E-state index in [4.69, 9.17) is 0 Å². The van der Waals surface area contributed by atoms with Crippen molar-refractivity contribution >= 4 is 11.9 Å². The second kappa shape index (κ2) is 5.56. The molecular formula is C9H14O3. The third-order valence-corrected chi connectivity index (χ3v) is 1.26. The quantitative estimate of drug-likeness (QED) is 0.363. The molecule has 0 saturated carbocycles.